The maximum atomic E-state index is 12.4. The van der Waals surface area contributed by atoms with Crippen LogP contribution in [0.3, 0.4) is 0 Å². The van der Waals surface area contributed by atoms with E-state index in [0.29, 0.717) is 41.5 Å². The fourth-order valence-electron chi connectivity index (χ4n) is 2.63. The summed E-state index contributed by atoms with van der Waals surface area (Å²) in [5.41, 5.74) is 1.93. The predicted molar refractivity (Wildman–Crippen MR) is 111 cm³/mol. The van der Waals surface area contributed by atoms with E-state index < -0.39 is 12.0 Å². The molecule has 0 saturated heterocycles. The minimum atomic E-state index is -0.733. The van der Waals surface area contributed by atoms with Crippen molar-refractivity contribution in [3.63, 3.8) is 0 Å². The summed E-state index contributed by atoms with van der Waals surface area (Å²) in [6.07, 6.45) is 0. The van der Waals surface area contributed by atoms with Crippen molar-refractivity contribution < 1.29 is 19.0 Å². The van der Waals surface area contributed by atoms with Crippen molar-refractivity contribution in [2.45, 2.75) is 13.0 Å². The minimum Gasteiger partial charge on any atom is -0.490 e. The van der Waals surface area contributed by atoms with E-state index in [4.69, 9.17) is 19.5 Å². The molecule has 1 unspecified atom stereocenters. The summed E-state index contributed by atoms with van der Waals surface area (Å²) >= 11 is 0. The maximum absolute atomic E-state index is 12.4. The summed E-state index contributed by atoms with van der Waals surface area (Å²) in [4.78, 5) is 14.5. The van der Waals surface area contributed by atoms with Crippen molar-refractivity contribution in [2.24, 2.45) is 0 Å². The average molecular weight is 397 g/mol. The lowest BCUT2D eigenvalue weighted by Gasteiger charge is -2.20. The van der Waals surface area contributed by atoms with Crippen LogP contribution in [0.15, 0.2) is 42.5 Å². The first kappa shape index (κ1) is 22.1. The van der Waals surface area contributed by atoms with Gasteiger partial charge in [0.25, 0.3) is 0 Å². The van der Waals surface area contributed by atoms with Gasteiger partial charge in [0.15, 0.2) is 17.5 Å². The third-order valence-corrected chi connectivity index (χ3v) is 4.16. The van der Waals surface area contributed by atoms with E-state index in [1.807, 2.05) is 32.0 Å². The number of esters is 1. The fraction of sp³-hybridized carbons (Fsp3) is 0.364. The average Bonchev–Trinajstić information content (AvgIpc) is 2.73. The Hall–Kier alpha value is -3.24. The molecule has 2 aromatic rings. The van der Waals surface area contributed by atoms with Gasteiger partial charge in [-0.15, -0.1) is 0 Å². The number of hydrogen-bond acceptors (Lipinski definition) is 7. The molecule has 0 aliphatic rings. The highest BCUT2D eigenvalue weighted by Gasteiger charge is 2.23. The molecule has 2 rings (SSSR count). The number of carbonyl (C=O) groups excluding carboxylic acids is 1. The number of benzene rings is 2. The lowest BCUT2D eigenvalue weighted by Crippen LogP contribution is -2.22. The first-order chi connectivity index (χ1) is 14.0. The van der Waals surface area contributed by atoms with E-state index >= 15 is 0 Å². The number of ether oxygens (including phenoxy) is 3. The molecule has 0 amide bonds. The van der Waals surface area contributed by atoms with Crippen LogP contribution in [-0.2, 0) is 9.53 Å². The molecule has 29 heavy (non-hydrogen) atoms. The van der Waals surface area contributed by atoms with E-state index in [1.165, 1.54) is 7.11 Å². The van der Waals surface area contributed by atoms with Gasteiger partial charge < -0.3 is 24.4 Å². The van der Waals surface area contributed by atoms with Gasteiger partial charge in [-0.2, -0.15) is 5.26 Å². The van der Waals surface area contributed by atoms with Crippen LogP contribution in [0, 0.1) is 11.3 Å². The molecule has 0 heterocycles. The van der Waals surface area contributed by atoms with Crippen LogP contribution >= 0.6 is 0 Å². The highest BCUT2D eigenvalue weighted by Crippen LogP contribution is 2.32. The summed E-state index contributed by atoms with van der Waals surface area (Å²) in [7, 11) is 5.30. The fourth-order valence-corrected chi connectivity index (χ4v) is 2.63. The lowest BCUT2D eigenvalue weighted by molar-refractivity contribution is -0.141. The van der Waals surface area contributed by atoms with Gasteiger partial charge in [-0.3, -0.25) is 0 Å². The molecule has 0 aliphatic heterocycles. The monoisotopic (exact) mass is 397 g/mol. The Morgan fingerprint density at radius 2 is 1.86 bits per heavy atom. The number of nitriles is 1. The van der Waals surface area contributed by atoms with Crippen molar-refractivity contribution >= 4 is 11.7 Å². The molecular weight excluding hydrogens is 370 g/mol. The number of hydrogen-bond donors (Lipinski definition) is 1. The number of methoxy groups -OCH3 is 1. The van der Waals surface area contributed by atoms with Gasteiger partial charge in [-0.05, 0) is 63.0 Å². The number of likely N-dealkylation sites (N-methyl/N-ethyl adjacent to an activating group) is 1. The van der Waals surface area contributed by atoms with Gasteiger partial charge in [0.05, 0.1) is 25.3 Å². The first-order valence-electron chi connectivity index (χ1n) is 9.37. The molecule has 7 nitrogen and oxygen atoms in total. The van der Waals surface area contributed by atoms with Crippen LogP contribution in [0.5, 0.6) is 11.5 Å². The van der Waals surface area contributed by atoms with E-state index in [9.17, 15) is 4.79 Å². The molecule has 0 fully saturated rings. The topological polar surface area (TPSA) is 83.8 Å². The summed E-state index contributed by atoms with van der Waals surface area (Å²) in [5, 5.41) is 12.1. The van der Waals surface area contributed by atoms with Crippen molar-refractivity contribution in [1.29, 1.82) is 5.26 Å². The number of carbonyl (C=O) groups is 1. The van der Waals surface area contributed by atoms with Crippen LogP contribution in [0.2, 0.25) is 0 Å². The molecule has 0 spiro atoms. The maximum Gasteiger partial charge on any atom is 0.332 e. The van der Waals surface area contributed by atoms with E-state index in [-0.39, 0.29) is 0 Å². The largest absolute Gasteiger partial charge is 0.490 e. The molecule has 0 aromatic heterocycles. The van der Waals surface area contributed by atoms with Crippen molar-refractivity contribution in [1.82, 2.24) is 4.90 Å². The van der Waals surface area contributed by atoms with Crippen molar-refractivity contribution in [2.75, 3.05) is 46.3 Å². The van der Waals surface area contributed by atoms with Crippen LogP contribution < -0.4 is 14.8 Å². The second kappa shape index (κ2) is 10.9. The number of nitrogens with zero attached hydrogens (tertiary/aromatic N) is 2. The summed E-state index contributed by atoms with van der Waals surface area (Å²) < 4.78 is 16.5. The number of rotatable bonds is 10. The molecule has 0 radical (unpaired) electrons. The van der Waals surface area contributed by atoms with Crippen molar-refractivity contribution in [3.8, 4) is 17.6 Å². The Morgan fingerprint density at radius 1 is 1.14 bits per heavy atom. The molecule has 154 valence electrons. The highest BCUT2D eigenvalue weighted by atomic mass is 16.5. The Labute approximate surface area is 171 Å². The van der Waals surface area contributed by atoms with Gasteiger partial charge in [0, 0.05) is 12.2 Å². The summed E-state index contributed by atoms with van der Waals surface area (Å²) in [6, 6.07) is 13.6. The smallest absolute Gasteiger partial charge is 0.332 e. The van der Waals surface area contributed by atoms with E-state index in [0.717, 1.165) is 6.54 Å². The Bertz CT molecular complexity index is 844. The van der Waals surface area contributed by atoms with Crippen LogP contribution in [0.4, 0.5) is 5.69 Å². The normalized spacial score (nSPS) is 11.4. The third kappa shape index (κ3) is 6.40. The Balaban J connectivity index is 2.28. The molecule has 0 saturated carbocycles. The zero-order chi connectivity index (χ0) is 21.2. The molecule has 1 N–H and O–H groups in total. The predicted octanol–water partition coefficient (Wildman–Crippen LogP) is 3.22. The summed E-state index contributed by atoms with van der Waals surface area (Å²) in [6.45, 7) is 3.66. The minimum absolute atomic E-state index is 0.432. The van der Waals surface area contributed by atoms with Gasteiger partial charge >= 0.3 is 5.97 Å². The van der Waals surface area contributed by atoms with Crippen LogP contribution in [-0.4, -0.2) is 51.8 Å². The van der Waals surface area contributed by atoms with E-state index in [1.54, 1.807) is 36.4 Å². The molecule has 0 bridgehead atoms. The van der Waals surface area contributed by atoms with Gasteiger partial charge in [0.1, 0.15) is 6.61 Å². The van der Waals surface area contributed by atoms with Gasteiger partial charge in [-0.1, -0.05) is 6.07 Å². The number of nitrogens with one attached hydrogen (secondary N) is 1. The Morgan fingerprint density at radius 3 is 2.45 bits per heavy atom. The van der Waals surface area contributed by atoms with E-state index in [2.05, 4.69) is 11.4 Å². The SMILES string of the molecule is CCOc1cc(C(Nc2ccc(C#N)cc2)C(=O)OC)ccc1OCCN(C)C. The zero-order valence-corrected chi connectivity index (χ0v) is 17.3. The molecule has 1 atom stereocenters. The van der Waals surface area contributed by atoms with Crippen LogP contribution in [0.1, 0.15) is 24.1 Å². The quantitative estimate of drug-likeness (QED) is 0.616. The molecule has 2 aromatic carbocycles. The Kier molecular flexibility index (Phi) is 8.31. The second-order valence-corrected chi connectivity index (χ2v) is 6.58. The zero-order valence-electron chi connectivity index (χ0n) is 17.3. The molecule has 7 heteroatoms. The third-order valence-electron chi connectivity index (χ3n) is 4.16. The second-order valence-electron chi connectivity index (χ2n) is 6.58. The molecule has 0 aliphatic carbocycles. The standard InChI is InChI=1S/C22H27N3O4/c1-5-28-20-14-17(8-11-19(20)29-13-12-25(2)3)21(22(26)27-4)24-18-9-6-16(15-23)7-10-18/h6-11,14,21,24H,5,12-13H2,1-4H3. The van der Waals surface area contributed by atoms with Gasteiger partial charge in [-0.25, -0.2) is 4.79 Å². The highest BCUT2D eigenvalue weighted by molar-refractivity contribution is 5.81. The first-order valence-corrected chi connectivity index (χ1v) is 9.37. The summed E-state index contributed by atoms with van der Waals surface area (Å²) in [5.74, 6) is 0.761. The number of anilines is 1. The lowest BCUT2D eigenvalue weighted by atomic mass is 10.1. The molecular formula is C22H27N3O4. The van der Waals surface area contributed by atoms with Crippen molar-refractivity contribution in [3.05, 3.63) is 53.6 Å². The van der Waals surface area contributed by atoms with Gasteiger partial charge in [0.2, 0.25) is 0 Å². The van der Waals surface area contributed by atoms with Crippen LogP contribution in [0.25, 0.3) is 0 Å².